The quantitative estimate of drug-likeness (QED) is 0.674. The molecule has 0 rings (SSSR count). The van der Waals surface area contributed by atoms with E-state index in [-0.39, 0.29) is 5.91 Å². The van der Waals surface area contributed by atoms with E-state index in [1.165, 1.54) is 0 Å². The smallest absolute Gasteiger partial charge is 0.240 e. The normalized spacial score (nSPS) is 13.9. The van der Waals surface area contributed by atoms with E-state index in [0.717, 1.165) is 12.8 Å². The molecule has 114 valence electrons. The summed E-state index contributed by atoms with van der Waals surface area (Å²) in [5.41, 5.74) is 5.40. The lowest BCUT2D eigenvalue weighted by Crippen LogP contribution is -2.56. The monoisotopic (exact) mass is 271 g/mol. The van der Waals surface area contributed by atoms with E-state index in [4.69, 9.17) is 5.73 Å². The van der Waals surface area contributed by atoms with Crippen molar-refractivity contribution in [2.75, 3.05) is 20.6 Å². The largest absolute Gasteiger partial charge is 0.353 e. The summed E-state index contributed by atoms with van der Waals surface area (Å²) in [6.07, 6.45) is 3.61. The summed E-state index contributed by atoms with van der Waals surface area (Å²) in [7, 11) is 4.15. The van der Waals surface area contributed by atoms with Crippen LogP contribution in [0.4, 0.5) is 0 Å². The van der Waals surface area contributed by atoms with Gasteiger partial charge >= 0.3 is 0 Å². The maximum Gasteiger partial charge on any atom is 0.240 e. The predicted molar refractivity (Wildman–Crippen MR) is 82.1 cm³/mol. The summed E-state index contributed by atoms with van der Waals surface area (Å²) in [5, 5.41) is 3.05. The Morgan fingerprint density at radius 3 is 1.95 bits per heavy atom. The minimum absolute atomic E-state index is 0.0182. The van der Waals surface area contributed by atoms with Gasteiger partial charge in [-0.15, -0.1) is 0 Å². The molecule has 0 heterocycles. The highest BCUT2D eigenvalue weighted by atomic mass is 16.2. The van der Waals surface area contributed by atoms with E-state index < -0.39 is 5.54 Å². The molecular weight excluding hydrogens is 238 g/mol. The molecule has 0 saturated heterocycles. The van der Waals surface area contributed by atoms with Crippen LogP contribution >= 0.6 is 0 Å². The zero-order valence-electron chi connectivity index (χ0n) is 13.6. The first-order valence-electron chi connectivity index (χ1n) is 7.59. The first kappa shape index (κ1) is 18.4. The fraction of sp³-hybridized carbons (Fsp3) is 0.933. The number of hydrogen-bond acceptors (Lipinski definition) is 3. The van der Waals surface area contributed by atoms with Crippen molar-refractivity contribution in [2.45, 2.75) is 65.0 Å². The van der Waals surface area contributed by atoms with Crippen molar-refractivity contribution in [3.05, 3.63) is 0 Å². The molecule has 4 nitrogen and oxygen atoms in total. The third kappa shape index (κ3) is 5.11. The van der Waals surface area contributed by atoms with Crippen LogP contribution < -0.4 is 11.1 Å². The van der Waals surface area contributed by atoms with E-state index >= 15 is 0 Å². The molecule has 0 bridgehead atoms. The van der Waals surface area contributed by atoms with Gasteiger partial charge in [-0.25, -0.2) is 0 Å². The molecule has 0 aromatic rings. The van der Waals surface area contributed by atoms with E-state index in [2.05, 4.69) is 38.2 Å². The predicted octanol–water partition coefficient (Wildman–Crippen LogP) is 1.99. The molecule has 1 atom stereocenters. The van der Waals surface area contributed by atoms with E-state index in [9.17, 15) is 4.79 Å². The Morgan fingerprint density at radius 2 is 1.63 bits per heavy atom. The summed E-state index contributed by atoms with van der Waals surface area (Å²) in [6, 6.07) is 0.372. The lowest BCUT2D eigenvalue weighted by atomic mass is 9.91. The van der Waals surface area contributed by atoms with Gasteiger partial charge in [0.1, 0.15) is 0 Å². The third-order valence-electron chi connectivity index (χ3n) is 4.44. The van der Waals surface area contributed by atoms with Crippen LogP contribution in [0.3, 0.4) is 0 Å². The fourth-order valence-electron chi connectivity index (χ4n) is 2.55. The van der Waals surface area contributed by atoms with Crippen LogP contribution in [0, 0.1) is 5.92 Å². The second kappa shape index (κ2) is 8.54. The molecule has 1 unspecified atom stereocenters. The summed E-state index contributed by atoms with van der Waals surface area (Å²) in [4.78, 5) is 14.4. The van der Waals surface area contributed by atoms with Crippen LogP contribution in [0.25, 0.3) is 0 Å². The zero-order chi connectivity index (χ0) is 15.1. The van der Waals surface area contributed by atoms with Gasteiger partial charge in [-0.05, 0) is 32.9 Å². The Balaban J connectivity index is 4.60. The molecule has 0 saturated carbocycles. The van der Waals surface area contributed by atoms with Crippen LogP contribution in [-0.4, -0.2) is 43.0 Å². The van der Waals surface area contributed by atoms with Crippen molar-refractivity contribution in [3.8, 4) is 0 Å². The number of amides is 1. The number of likely N-dealkylation sites (N-methyl/N-ethyl adjacent to an activating group) is 1. The molecule has 0 aliphatic carbocycles. The minimum Gasteiger partial charge on any atom is -0.353 e. The molecule has 4 heteroatoms. The van der Waals surface area contributed by atoms with Gasteiger partial charge in [0.15, 0.2) is 0 Å². The van der Waals surface area contributed by atoms with Gasteiger partial charge in [-0.3, -0.25) is 4.79 Å². The number of nitrogens with two attached hydrogens (primary N) is 1. The van der Waals surface area contributed by atoms with E-state index in [0.29, 0.717) is 31.3 Å². The zero-order valence-corrected chi connectivity index (χ0v) is 13.6. The van der Waals surface area contributed by atoms with Crippen molar-refractivity contribution in [1.29, 1.82) is 0 Å². The first-order chi connectivity index (χ1) is 8.86. The maximum absolute atomic E-state index is 12.2. The lowest BCUT2D eigenvalue weighted by molar-refractivity contribution is -0.126. The molecule has 0 fully saturated rings. The Kier molecular flexibility index (Phi) is 8.26. The SMILES string of the molecule is CCC(CC)C(CNC(=O)C(N)(CC)CC)N(C)C. The second-order valence-electron chi connectivity index (χ2n) is 5.68. The number of nitrogens with zero attached hydrogens (tertiary/aromatic N) is 1. The average Bonchev–Trinajstić information content (AvgIpc) is 2.41. The summed E-state index contributed by atoms with van der Waals surface area (Å²) in [6.45, 7) is 9.02. The fourth-order valence-corrected chi connectivity index (χ4v) is 2.55. The summed E-state index contributed by atoms with van der Waals surface area (Å²) in [5.74, 6) is 0.584. The van der Waals surface area contributed by atoms with Crippen LogP contribution in [0.15, 0.2) is 0 Å². The van der Waals surface area contributed by atoms with Crippen molar-refractivity contribution in [3.63, 3.8) is 0 Å². The topological polar surface area (TPSA) is 58.4 Å². The Morgan fingerprint density at radius 1 is 1.16 bits per heavy atom. The number of carbonyl (C=O) groups is 1. The third-order valence-corrected chi connectivity index (χ3v) is 4.44. The Hall–Kier alpha value is -0.610. The van der Waals surface area contributed by atoms with Gasteiger partial charge in [-0.1, -0.05) is 40.5 Å². The standard InChI is InChI=1S/C15H33N3O/c1-7-12(8-2)13(18(5)6)11-17-14(19)15(16,9-3)10-4/h12-13H,7-11,16H2,1-6H3,(H,17,19). The van der Waals surface area contributed by atoms with Crippen LogP contribution in [0.5, 0.6) is 0 Å². The molecule has 0 radical (unpaired) electrons. The van der Waals surface area contributed by atoms with Gasteiger partial charge in [-0.2, -0.15) is 0 Å². The summed E-state index contributed by atoms with van der Waals surface area (Å²) >= 11 is 0. The molecule has 0 aliphatic rings. The molecular formula is C15H33N3O. The molecule has 3 N–H and O–H groups in total. The second-order valence-corrected chi connectivity index (χ2v) is 5.68. The molecule has 0 spiro atoms. The van der Waals surface area contributed by atoms with Gasteiger partial charge in [0.2, 0.25) is 5.91 Å². The highest BCUT2D eigenvalue weighted by Crippen LogP contribution is 2.17. The van der Waals surface area contributed by atoms with Gasteiger partial charge in [0, 0.05) is 12.6 Å². The number of carbonyl (C=O) groups excluding carboxylic acids is 1. The van der Waals surface area contributed by atoms with Gasteiger partial charge < -0.3 is 16.0 Å². The van der Waals surface area contributed by atoms with Crippen molar-refractivity contribution in [1.82, 2.24) is 10.2 Å². The minimum atomic E-state index is -0.717. The average molecular weight is 271 g/mol. The van der Waals surface area contributed by atoms with Crippen LogP contribution in [-0.2, 0) is 4.79 Å². The molecule has 1 amide bonds. The highest BCUT2D eigenvalue weighted by molar-refractivity contribution is 5.85. The molecule has 0 aromatic carbocycles. The molecule has 0 aliphatic heterocycles. The number of nitrogens with one attached hydrogen (secondary N) is 1. The Bertz CT molecular complexity index is 258. The van der Waals surface area contributed by atoms with E-state index in [1.807, 2.05) is 13.8 Å². The molecule has 0 aromatic heterocycles. The summed E-state index contributed by atoms with van der Waals surface area (Å²) < 4.78 is 0. The highest BCUT2D eigenvalue weighted by Gasteiger charge is 2.31. The van der Waals surface area contributed by atoms with Gasteiger partial charge in [0.05, 0.1) is 5.54 Å². The number of rotatable bonds is 9. The molecule has 19 heavy (non-hydrogen) atoms. The number of hydrogen-bond donors (Lipinski definition) is 2. The van der Waals surface area contributed by atoms with Crippen molar-refractivity contribution in [2.24, 2.45) is 11.7 Å². The Labute approximate surface area is 119 Å². The van der Waals surface area contributed by atoms with Crippen LogP contribution in [0.2, 0.25) is 0 Å². The lowest BCUT2D eigenvalue weighted by Gasteiger charge is -2.33. The van der Waals surface area contributed by atoms with Gasteiger partial charge in [0.25, 0.3) is 0 Å². The first-order valence-corrected chi connectivity index (χ1v) is 7.59. The van der Waals surface area contributed by atoms with Crippen molar-refractivity contribution < 1.29 is 4.79 Å². The maximum atomic E-state index is 12.2. The van der Waals surface area contributed by atoms with Crippen molar-refractivity contribution >= 4 is 5.91 Å². The van der Waals surface area contributed by atoms with E-state index in [1.54, 1.807) is 0 Å². The van der Waals surface area contributed by atoms with Crippen LogP contribution in [0.1, 0.15) is 53.4 Å².